The van der Waals surface area contributed by atoms with Gasteiger partial charge in [-0.15, -0.1) is 0 Å². The van der Waals surface area contributed by atoms with E-state index in [2.05, 4.69) is 5.32 Å². The summed E-state index contributed by atoms with van der Waals surface area (Å²) in [5.41, 5.74) is 1.88. The highest BCUT2D eigenvalue weighted by molar-refractivity contribution is 6.30. The number of non-ortho nitro benzene ring substituents is 1. The first kappa shape index (κ1) is 15.4. The van der Waals surface area contributed by atoms with Gasteiger partial charge in [-0.25, -0.2) is 4.39 Å². The molecule has 0 heterocycles. The van der Waals surface area contributed by atoms with Gasteiger partial charge in [0.25, 0.3) is 5.69 Å². The van der Waals surface area contributed by atoms with Gasteiger partial charge < -0.3 is 5.32 Å². The molecule has 0 aliphatic rings. The number of benzene rings is 2. The van der Waals surface area contributed by atoms with Crippen LogP contribution in [0.25, 0.3) is 0 Å². The summed E-state index contributed by atoms with van der Waals surface area (Å²) in [6.45, 7) is 2.48. The minimum absolute atomic E-state index is 0.00892. The number of hydrogen-bond acceptors (Lipinski definition) is 3. The molecule has 1 atom stereocenters. The molecular formula is C15H14ClFN2O2. The van der Waals surface area contributed by atoms with E-state index < -0.39 is 10.7 Å². The van der Waals surface area contributed by atoms with E-state index in [0.717, 1.165) is 11.1 Å². The number of nitro benzene ring substituents is 1. The molecule has 6 heteroatoms. The predicted octanol–water partition coefficient (Wildman–Crippen LogP) is 4.24. The van der Waals surface area contributed by atoms with E-state index in [0.29, 0.717) is 6.54 Å². The zero-order valence-electron chi connectivity index (χ0n) is 11.3. The minimum Gasteiger partial charge on any atom is -0.306 e. The molecule has 1 unspecified atom stereocenters. The standard InChI is InChI=1S/C15H14ClFN2O2/c1-10(12-3-5-13(6-4-12)19(20)21)18-9-11-2-7-15(17)14(16)8-11/h2-8,10,18H,9H2,1H3. The summed E-state index contributed by atoms with van der Waals surface area (Å²) in [6, 6.07) is 11.0. The molecule has 0 aliphatic heterocycles. The van der Waals surface area contributed by atoms with E-state index in [1.807, 2.05) is 6.92 Å². The Balaban J connectivity index is 1.99. The van der Waals surface area contributed by atoms with Crippen LogP contribution in [0.3, 0.4) is 0 Å². The van der Waals surface area contributed by atoms with Crippen molar-refractivity contribution in [3.63, 3.8) is 0 Å². The summed E-state index contributed by atoms with van der Waals surface area (Å²) < 4.78 is 13.1. The maximum absolute atomic E-state index is 13.1. The summed E-state index contributed by atoms with van der Waals surface area (Å²) in [7, 11) is 0. The third-order valence-corrected chi connectivity index (χ3v) is 3.49. The number of nitro groups is 1. The number of nitrogens with one attached hydrogen (secondary N) is 1. The summed E-state index contributed by atoms with van der Waals surface area (Å²) in [6.07, 6.45) is 0. The van der Waals surface area contributed by atoms with Crippen LogP contribution >= 0.6 is 11.6 Å². The lowest BCUT2D eigenvalue weighted by Crippen LogP contribution is -2.18. The lowest BCUT2D eigenvalue weighted by Gasteiger charge is -2.14. The average Bonchev–Trinajstić information content (AvgIpc) is 2.48. The molecule has 0 spiro atoms. The monoisotopic (exact) mass is 308 g/mol. The van der Waals surface area contributed by atoms with E-state index in [1.165, 1.54) is 18.2 Å². The highest BCUT2D eigenvalue weighted by Crippen LogP contribution is 2.19. The molecule has 0 saturated heterocycles. The second-order valence-electron chi connectivity index (χ2n) is 4.70. The lowest BCUT2D eigenvalue weighted by atomic mass is 10.1. The van der Waals surface area contributed by atoms with Gasteiger partial charge in [0.2, 0.25) is 0 Å². The molecule has 4 nitrogen and oxygen atoms in total. The van der Waals surface area contributed by atoms with Crippen LogP contribution < -0.4 is 5.32 Å². The second kappa shape index (κ2) is 6.65. The van der Waals surface area contributed by atoms with Crippen molar-refractivity contribution in [3.05, 3.63) is 74.5 Å². The number of nitrogens with zero attached hydrogens (tertiary/aromatic N) is 1. The fourth-order valence-electron chi connectivity index (χ4n) is 1.92. The zero-order valence-corrected chi connectivity index (χ0v) is 12.1. The van der Waals surface area contributed by atoms with E-state index in [4.69, 9.17) is 11.6 Å². The average molecular weight is 309 g/mol. The molecule has 0 fully saturated rings. The maximum Gasteiger partial charge on any atom is 0.269 e. The highest BCUT2D eigenvalue weighted by Gasteiger charge is 2.09. The molecule has 2 aromatic carbocycles. The molecule has 0 aromatic heterocycles. The van der Waals surface area contributed by atoms with Crippen molar-refractivity contribution in [3.8, 4) is 0 Å². The molecule has 2 rings (SSSR count). The number of hydrogen-bond donors (Lipinski definition) is 1. The van der Waals surface area contributed by atoms with Gasteiger partial charge >= 0.3 is 0 Å². The third-order valence-electron chi connectivity index (χ3n) is 3.20. The Morgan fingerprint density at radius 3 is 2.52 bits per heavy atom. The molecule has 0 bridgehead atoms. The third kappa shape index (κ3) is 4.00. The van der Waals surface area contributed by atoms with E-state index in [9.17, 15) is 14.5 Å². The van der Waals surface area contributed by atoms with Crippen molar-refractivity contribution in [2.75, 3.05) is 0 Å². The van der Waals surface area contributed by atoms with Crippen molar-refractivity contribution >= 4 is 17.3 Å². The van der Waals surface area contributed by atoms with Gasteiger partial charge in [-0.05, 0) is 30.2 Å². The quantitative estimate of drug-likeness (QED) is 0.664. The Labute approximate surface area is 126 Å². The van der Waals surface area contributed by atoms with Crippen LogP contribution in [-0.2, 0) is 6.54 Å². The summed E-state index contributed by atoms with van der Waals surface area (Å²) in [5, 5.41) is 14.0. The fourth-order valence-corrected chi connectivity index (χ4v) is 2.13. The van der Waals surface area contributed by atoms with Crippen LogP contribution in [0.1, 0.15) is 24.1 Å². The van der Waals surface area contributed by atoms with Gasteiger partial charge in [0, 0.05) is 24.7 Å². The molecule has 0 amide bonds. The van der Waals surface area contributed by atoms with Crippen molar-refractivity contribution in [1.29, 1.82) is 0 Å². The van der Waals surface area contributed by atoms with Crippen molar-refractivity contribution in [1.82, 2.24) is 5.32 Å². The lowest BCUT2D eigenvalue weighted by molar-refractivity contribution is -0.384. The first-order valence-electron chi connectivity index (χ1n) is 6.39. The van der Waals surface area contributed by atoms with E-state index >= 15 is 0 Å². The van der Waals surface area contributed by atoms with Gasteiger partial charge in [-0.2, -0.15) is 0 Å². The summed E-state index contributed by atoms with van der Waals surface area (Å²) in [4.78, 5) is 10.2. The van der Waals surface area contributed by atoms with Crippen LogP contribution in [0, 0.1) is 15.9 Å². The Bertz CT molecular complexity index is 647. The largest absolute Gasteiger partial charge is 0.306 e. The van der Waals surface area contributed by atoms with Gasteiger partial charge in [-0.3, -0.25) is 10.1 Å². The van der Waals surface area contributed by atoms with Crippen LogP contribution in [0.5, 0.6) is 0 Å². The normalized spacial score (nSPS) is 12.1. The van der Waals surface area contributed by atoms with Gasteiger partial charge in [0.1, 0.15) is 5.82 Å². The Hall–Kier alpha value is -1.98. The van der Waals surface area contributed by atoms with Crippen molar-refractivity contribution < 1.29 is 9.31 Å². The van der Waals surface area contributed by atoms with Crippen molar-refractivity contribution in [2.45, 2.75) is 19.5 Å². The number of halogens is 2. The predicted molar refractivity (Wildman–Crippen MR) is 79.8 cm³/mol. The van der Waals surface area contributed by atoms with E-state index in [1.54, 1.807) is 24.3 Å². The maximum atomic E-state index is 13.1. The molecule has 0 aliphatic carbocycles. The smallest absolute Gasteiger partial charge is 0.269 e. The molecule has 0 radical (unpaired) electrons. The van der Waals surface area contributed by atoms with Crippen molar-refractivity contribution in [2.24, 2.45) is 0 Å². The summed E-state index contributed by atoms with van der Waals surface area (Å²) >= 11 is 5.73. The van der Waals surface area contributed by atoms with Gasteiger partial charge in [0.05, 0.1) is 9.95 Å². The molecular weight excluding hydrogens is 295 g/mol. The molecule has 0 saturated carbocycles. The number of rotatable bonds is 5. The topological polar surface area (TPSA) is 55.2 Å². The molecule has 110 valence electrons. The molecule has 1 N–H and O–H groups in total. The SMILES string of the molecule is CC(NCc1ccc(F)c(Cl)c1)c1ccc([N+](=O)[O-])cc1. The van der Waals surface area contributed by atoms with Crippen LogP contribution in [0.4, 0.5) is 10.1 Å². The Morgan fingerprint density at radius 1 is 1.29 bits per heavy atom. The Kier molecular flexibility index (Phi) is 4.88. The van der Waals surface area contributed by atoms with Gasteiger partial charge in [-0.1, -0.05) is 29.8 Å². The zero-order chi connectivity index (χ0) is 15.4. The Morgan fingerprint density at radius 2 is 1.95 bits per heavy atom. The summed E-state index contributed by atoms with van der Waals surface area (Å²) in [5.74, 6) is -0.441. The molecule has 2 aromatic rings. The minimum atomic E-state index is -0.441. The molecule has 21 heavy (non-hydrogen) atoms. The van der Waals surface area contributed by atoms with Crippen LogP contribution in [0.15, 0.2) is 42.5 Å². The first-order chi connectivity index (χ1) is 9.97. The van der Waals surface area contributed by atoms with Crippen LogP contribution in [-0.4, -0.2) is 4.92 Å². The first-order valence-corrected chi connectivity index (χ1v) is 6.77. The second-order valence-corrected chi connectivity index (χ2v) is 5.11. The van der Waals surface area contributed by atoms with Gasteiger partial charge in [0.15, 0.2) is 0 Å². The fraction of sp³-hybridized carbons (Fsp3) is 0.200. The highest BCUT2D eigenvalue weighted by atomic mass is 35.5. The van der Waals surface area contributed by atoms with E-state index in [-0.39, 0.29) is 16.8 Å². The van der Waals surface area contributed by atoms with Crippen LogP contribution in [0.2, 0.25) is 5.02 Å².